The Hall–Kier alpha value is -2.40. The predicted molar refractivity (Wildman–Crippen MR) is 82.4 cm³/mol. The summed E-state index contributed by atoms with van der Waals surface area (Å²) in [6.07, 6.45) is -0.822. The Morgan fingerprint density at radius 2 is 2.05 bits per heavy atom. The van der Waals surface area contributed by atoms with Crippen molar-refractivity contribution in [3.05, 3.63) is 59.7 Å². The summed E-state index contributed by atoms with van der Waals surface area (Å²) in [6.45, 7) is 2.21. The SMILES string of the molecule is COc1ccc(C(O)Cn2c(C)nc3ccccc32)cc1F. The molecule has 0 spiro atoms. The quantitative estimate of drug-likeness (QED) is 0.804. The molecule has 0 aliphatic heterocycles. The molecule has 22 heavy (non-hydrogen) atoms. The number of aliphatic hydroxyl groups is 1. The minimum Gasteiger partial charge on any atom is -0.494 e. The van der Waals surface area contributed by atoms with Gasteiger partial charge < -0.3 is 14.4 Å². The molecule has 0 fully saturated rings. The predicted octanol–water partition coefficient (Wildman–Crippen LogP) is 3.23. The number of hydrogen-bond acceptors (Lipinski definition) is 3. The number of hydrogen-bond donors (Lipinski definition) is 1. The lowest BCUT2D eigenvalue weighted by molar-refractivity contribution is 0.156. The lowest BCUT2D eigenvalue weighted by Gasteiger charge is -2.15. The smallest absolute Gasteiger partial charge is 0.165 e. The number of aryl methyl sites for hydroxylation is 1. The molecule has 0 aliphatic carbocycles. The highest BCUT2D eigenvalue weighted by molar-refractivity contribution is 5.75. The van der Waals surface area contributed by atoms with Gasteiger partial charge in [0.1, 0.15) is 5.82 Å². The molecule has 1 heterocycles. The van der Waals surface area contributed by atoms with Crippen LogP contribution in [0.3, 0.4) is 0 Å². The van der Waals surface area contributed by atoms with Crippen molar-refractivity contribution in [1.29, 1.82) is 0 Å². The van der Waals surface area contributed by atoms with Crippen LogP contribution in [0.15, 0.2) is 42.5 Å². The van der Waals surface area contributed by atoms with Crippen LogP contribution in [-0.2, 0) is 6.54 Å². The van der Waals surface area contributed by atoms with E-state index < -0.39 is 11.9 Å². The van der Waals surface area contributed by atoms with Gasteiger partial charge in [-0.1, -0.05) is 18.2 Å². The van der Waals surface area contributed by atoms with Crippen LogP contribution in [0.5, 0.6) is 5.75 Å². The minimum absolute atomic E-state index is 0.167. The summed E-state index contributed by atoms with van der Waals surface area (Å²) in [6, 6.07) is 12.2. The molecule has 0 aliphatic rings. The number of methoxy groups -OCH3 is 1. The molecule has 3 rings (SSSR count). The van der Waals surface area contributed by atoms with Gasteiger partial charge in [0.2, 0.25) is 0 Å². The number of fused-ring (bicyclic) bond motifs is 1. The van der Waals surface area contributed by atoms with Gasteiger partial charge in [0.05, 0.1) is 30.8 Å². The number of benzene rings is 2. The van der Waals surface area contributed by atoms with Gasteiger partial charge in [-0.25, -0.2) is 9.37 Å². The number of rotatable bonds is 4. The maximum Gasteiger partial charge on any atom is 0.165 e. The zero-order valence-electron chi connectivity index (χ0n) is 12.5. The molecule has 5 heteroatoms. The average Bonchev–Trinajstić information content (AvgIpc) is 2.83. The van der Waals surface area contributed by atoms with Crippen molar-refractivity contribution < 1.29 is 14.2 Å². The van der Waals surface area contributed by atoms with Gasteiger partial charge in [-0.15, -0.1) is 0 Å². The Labute approximate surface area is 127 Å². The number of para-hydroxylation sites is 2. The molecule has 0 radical (unpaired) electrons. The third kappa shape index (κ3) is 2.55. The topological polar surface area (TPSA) is 47.3 Å². The van der Waals surface area contributed by atoms with Gasteiger partial charge in [-0.2, -0.15) is 0 Å². The fourth-order valence-electron chi connectivity index (χ4n) is 2.59. The van der Waals surface area contributed by atoms with Crippen LogP contribution in [0.2, 0.25) is 0 Å². The molecule has 1 atom stereocenters. The summed E-state index contributed by atoms with van der Waals surface area (Å²) >= 11 is 0. The molecule has 0 saturated carbocycles. The van der Waals surface area contributed by atoms with E-state index in [1.54, 1.807) is 6.07 Å². The summed E-state index contributed by atoms with van der Waals surface area (Å²) in [7, 11) is 1.41. The Kier molecular flexibility index (Phi) is 3.81. The van der Waals surface area contributed by atoms with E-state index in [2.05, 4.69) is 4.98 Å². The molecule has 0 saturated heterocycles. The van der Waals surface area contributed by atoms with E-state index in [1.165, 1.54) is 19.2 Å². The summed E-state index contributed by atoms with van der Waals surface area (Å²) in [5.41, 5.74) is 2.34. The highest BCUT2D eigenvalue weighted by Gasteiger charge is 2.15. The molecule has 1 aromatic heterocycles. The Morgan fingerprint density at radius 1 is 1.27 bits per heavy atom. The van der Waals surface area contributed by atoms with E-state index in [1.807, 2.05) is 35.8 Å². The van der Waals surface area contributed by atoms with Gasteiger partial charge in [-0.05, 0) is 36.8 Å². The first-order valence-corrected chi connectivity index (χ1v) is 7.03. The maximum absolute atomic E-state index is 13.8. The van der Waals surface area contributed by atoms with Crippen molar-refractivity contribution >= 4 is 11.0 Å². The normalized spacial score (nSPS) is 12.5. The number of aliphatic hydroxyl groups excluding tert-OH is 1. The maximum atomic E-state index is 13.8. The van der Waals surface area contributed by atoms with Crippen molar-refractivity contribution in [2.75, 3.05) is 7.11 Å². The minimum atomic E-state index is -0.822. The van der Waals surface area contributed by atoms with Crippen molar-refractivity contribution in [1.82, 2.24) is 9.55 Å². The third-order valence-corrected chi connectivity index (χ3v) is 3.76. The lowest BCUT2D eigenvalue weighted by atomic mass is 10.1. The van der Waals surface area contributed by atoms with Crippen LogP contribution >= 0.6 is 0 Å². The largest absolute Gasteiger partial charge is 0.494 e. The first-order chi connectivity index (χ1) is 10.6. The van der Waals surface area contributed by atoms with Crippen LogP contribution in [-0.4, -0.2) is 21.8 Å². The molecule has 2 aromatic carbocycles. The highest BCUT2D eigenvalue weighted by atomic mass is 19.1. The summed E-state index contributed by atoms with van der Waals surface area (Å²) in [5.74, 6) is 0.501. The first kappa shape index (κ1) is 14.5. The molecular formula is C17H17FN2O2. The van der Waals surface area contributed by atoms with Crippen molar-refractivity contribution in [2.24, 2.45) is 0 Å². The molecule has 114 valence electrons. The fraction of sp³-hybridized carbons (Fsp3) is 0.235. The second-order valence-electron chi connectivity index (χ2n) is 5.17. The van der Waals surface area contributed by atoms with E-state index in [0.717, 1.165) is 16.9 Å². The van der Waals surface area contributed by atoms with Crippen LogP contribution in [0, 0.1) is 12.7 Å². The average molecular weight is 300 g/mol. The molecular weight excluding hydrogens is 283 g/mol. The first-order valence-electron chi connectivity index (χ1n) is 7.03. The van der Waals surface area contributed by atoms with E-state index >= 15 is 0 Å². The molecule has 0 bridgehead atoms. The van der Waals surface area contributed by atoms with Crippen molar-refractivity contribution in [3.63, 3.8) is 0 Å². The van der Waals surface area contributed by atoms with Crippen LogP contribution < -0.4 is 4.74 Å². The third-order valence-electron chi connectivity index (χ3n) is 3.76. The number of nitrogens with zero attached hydrogens (tertiary/aromatic N) is 2. The van der Waals surface area contributed by atoms with Crippen molar-refractivity contribution in [3.8, 4) is 5.75 Å². The Balaban J connectivity index is 1.91. The molecule has 3 aromatic rings. The van der Waals surface area contributed by atoms with Gasteiger partial charge in [0.25, 0.3) is 0 Å². The number of imidazole rings is 1. The van der Waals surface area contributed by atoms with E-state index in [4.69, 9.17) is 4.74 Å². The van der Waals surface area contributed by atoms with Gasteiger partial charge >= 0.3 is 0 Å². The monoisotopic (exact) mass is 300 g/mol. The molecule has 0 amide bonds. The fourth-order valence-corrected chi connectivity index (χ4v) is 2.59. The Bertz CT molecular complexity index is 814. The highest BCUT2D eigenvalue weighted by Crippen LogP contribution is 2.25. The van der Waals surface area contributed by atoms with E-state index in [9.17, 15) is 9.50 Å². The lowest BCUT2D eigenvalue weighted by Crippen LogP contribution is -2.10. The molecule has 1 unspecified atom stereocenters. The van der Waals surface area contributed by atoms with E-state index in [0.29, 0.717) is 12.1 Å². The summed E-state index contributed by atoms with van der Waals surface area (Å²) in [4.78, 5) is 4.46. The zero-order chi connectivity index (χ0) is 15.7. The second kappa shape index (κ2) is 5.77. The van der Waals surface area contributed by atoms with Crippen molar-refractivity contribution in [2.45, 2.75) is 19.6 Å². The second-order valence-corrected chi connectivity index (χ2v) is 5.17. The van der Waals surface area contributed by atoms with Gasteiger partial charge in [-0.3, -0.25) is 0 Å². The van der Waals surface area contributed by atoms with Crippen LogP contribution in [0.25, 0.3) is 11.0 Å². The molecule has 1 N–H and O–H groups in total. The standard InChI is InChI=1S/C17H17FN2O2/c1-11-19-14-5-3-4-6-15(14)20(11)10-16(21)12-7-8-17(22-2)13(18)9-12/h3-9,16,21H,10H2,1-2H3. The summed E-state index contributed by atoms with van der Waals surface area (Å²) in [5, 5.41) is 10.4. The van der Waals surface area contributed by atoms with Crippen LogP contribution in [0.4, 0.5) is 4.39 Å². The van der Waals surface area contributed by atoms with Crippen LogP contribution in [0.1, 0.15) is 17.5 Å². The van der Waals surface area contributed by atoms with Gasteiger partial charge in [0.15, 0.2) is 11.6 Å². The number of halogens is 1. The van der Waals surface area contributed by atoms with E-state index in [-0.39, 0.29) is 5.75 Å². The zero-order valence-corrected chi connectivity index (χ0v) is 12.5. The number of aromatic nitrogens is 2. The summed E-state index contributed by atoms with van der Waals surface area (Å²) < 4.78 is 20.6. The molecule has 4 nitrogen and oxygen atoms in total. The van der Waals surface area contributed by atoms with Gasteiger partial charge in [0, 0.05) is 0 Å². The Morgan fingerprint density at radius 3 is 2.77 bits per heavy atom. The number of ether oxygens (including phenoxy) is 1.